The van der Waals surface area contributed by atoms with Gasteiger partial charge in [-0.25, -0.2) is 4.79 Å². The first-order valence-corrected chi connectivity index (χ1v) is 4.92. The fourth-order valence-electron chi connectivity index (χ4n) is 0.937. The monoisotopic (exact) mass is 283 g/mol. The Morgan fingerprint density at radius 3 is 1.93 bits per heavy atom. The molecule has 0 aromatic heterocycles. The topological polar surface area (TPSA) is 61.1 Å². The van der Waals surface area contributed by atoms with Crippen molar-refractivity contribution in [3.63, 3.8) is 0 Å². The van der Waals surface area contributed by atoms with Gasteiger partial charge < -0.3 is 5.11 Å². The Morgan fingerprint density at radius 1 is 1.07 bits per heavy atom. The molecule has 0 radical (unpaired) electrons. The van der Waals surface area contributed by atoms with Crippen LogP contribution in [0.1, 0.15) is 15.9 Å². The van der Waals surface area contributed by atoms with E-state index in [4.69, 9.17) is 56.8 Å². The smallest absolute Gasteiger partial charge is 0.338 e. The number of benzene rings is 1. The van der Waals surface area contributed by atoms with Crippen molar-refractivity contribution < 1.29 is 9.90 Å². The number of carboxylic acids is 1. The zero-order valence-electron chi connectivity index (χ0n) is 6.81. The summed E-state index contributed by atoms with van der Waals surface area (Å²) in [5, 5.41) is 16.7. The highest BCUT2D eigenvalue weighted by Gasteiger charge is 2.24. The van der Waals surface area contributed by atoms with Crippen LogP contribution in [0, 0.1) is 11.3 Å². The van der Waals surface area contributed by atoms with Gasteiger partial charge in [-0.1, -0.05) is 46.4 Å². The largest absolute Gasteiger partial charge is 0.478 e. The van der Waals surface area contributed by atoms with Gasteiger partial charge in [-0.15, -0.1) is 0 Å². The van der Waals surface area contributed by atoms with E-state index in [2.05, 4.69) is 0 Å². The Labute approximate surface area is 105 Å². The lowest BCUT2D eigenvalue weighted by atomic mass is 10.1. The first-order valence-electron chi connectivity index (χ1n) is 3.41. The summed E-state index contributed by atoms with van der Waals surface area (Å²) < 4.78 is 0. The lowest BCUT2D eigenvalue weighted by Gasteiger charge is -2.08. The zero-order chi connectivity index (χ0) is 11.7. The highest BCUT2D eigenvalue weighted by atomic mass is 35.5. The van der Waals surface area contributed by atoms with Crippen LogP contribution in [-0.2, 0) is 0 Å². The molecule has 1 rings (SSSR count). The summed E-state index contributed by atoms with van der Waals surface area (Å²) in [6.45, 7) is 0. The van der Waals surface area contributed by atoms with Gasteiger partial charge in [-0.3, -0.25) is 0 Å². The first kappa shape index (κ1) is 12.4. The van der Waals surface area contributed by atoms with Gasteiger partial charge in [0.25, 0.3) is 0 Å². The van der Waals surface area contributed by atoms with Gasteiger partial charge >= 0.3 is 5.97 Å². The van der Waals surface area contributed by atoms with Crippen LogP contribution in [0.5, 0.6) is 0 Å². The van der Waals surface area contributed by atoms with Crippen molar-refractivity contribution in [1.82, 2.24) is 0 Å². The van der Waals surface area contributed by atoms with E-state index < -0.39 is 11.5 Å². The molecule has 0 saturated carbocycles. The molecule has 1 aromatic rings. The molecule has 0 atom stereocenters. The van der Waals surface area contributed by atoms with Gasteiger partial charge in [0.15, 0.2) is 0 Å². The number of halogens is 4. The third-order valence-electron chi connectivity index (χ3n) is 1.59. The van der Waals surface area contributed by atoms with Crippen LogP contribution in [0.25, 0.3) is 0 Å². The summed E-state index contributed by atoms with van der Waals surface area (Å²) in [6.07, 6.45) is 0. The average molecular weight is 285 g/mol. The summed E-state index contributed by atoms with van der Waals surface area (Å²) in [5.41, 5.74) is -0.748. The molecule has 3 nitrogen and oxygen atoms in total. The number of aromatic carboxylic acids is 1. The summed E-state index contributed by atoms with van der Waals surface area (Å²) in [5.74, 6) is -1.39. The molecule has 0 amide bonds. The highest BCUT2D eigenvalue weighted by molar-refractivity contribution is 6.53. The molecule has 0 spiro atoms. The van der Waals surface area contributed by atoms with E-state index >= 15 is 0 Å². The highest BCUT2D eigenvalue weighted by Crippen LogP contribution is 2.41. The second-order valence-corrected chi connectivity index (χ2v) is 3.93. The number of nitriles is 1. The van der Waals surface area contributed by atoms with E-state index in [1.165, 1.54) is 0 Å². The molecular formula is C8HCl4NO2. The molecule has 0 bridgehead atoms. The maximum Gasteiger partial charge on any atom is 0.338 e. The van der Waals surface area contributed by atoms with Gasteiger partial charge in [0.1, 0.15) is 6.07 Å². The summed E-state index contributed by atoms with van der Waals surface area (Å²) in [4.78, 5) is 10.8. The number of carboxylic acid groups (broad SMARTS) is 1. The Bertz CT molecular complexity index is 493. The number of hydrogen-bond donors (Lipinski definition) is 1. The minimum Gasteiger partial charge on any atom is -0.478 e. The molecule has 0 saturated heterocycles. The van der Waals surface area contributed by atoms with Crippen LogP contribution in [0.3, 0.4) is 0 Å². The van der Waals surface area contributed by atoms with Crippen LogP contribution in [0.15, 0.2) is 0 Å². The molecule has 1 aromatic carbocycles. The Morgan fingerprint density at radius 2 is 1.53 bits per heavy atom. The van der Waals surface area contributed by atoms with Gasteiger partial charge in [-0.05, 0) is 0 Å². The van der Waals surface area contributed by atoms with Crippen molar-refractivity contribution >= 4 is 52.4 Å². The molecule has 0 aliphatic carbocycles. The van der Waals surface area contributed by atoms with Crippen LogP contribution < -0.4 is 0 Å². The van der Waals surface area contributed by atoms with Crippen molar-refractivity contribution in [2.24, 2.45) is 0 Å². The lowest BCUT2D eigenvalue weighted by Crippen LogP contribution is -2.03. The SMILES string of the molecule is N#Cc1c(Cl)c(Cl)c(Cl)c(Cl)c1C(=O)O. The summed E-state index contributed by atoms with van der Waals surface area (Å²) in [6, 6.07) is 1.61. The number of carbonyl (C=O) groups is 1. The molecule has 0 fully saturated rings. The van der Waals surface area contributed by atoms with Crippen LogP contribution >= 0.6 is 46.4 Å². The second kappa shape index (κ2) is 4.46. The van der Waals surface area contributed by atoms with Crippen molar-refractivity contribution in [3.8, 4) is 6.07 Å². The van der Waals surface area contributed by atoms with Gasteiger partial charge in [-0.2, -0.15) is 5.26 Å². The summed E-state index contributed by atoms with van der Waals surface area (Å²) >= 11 is 22.6. The Kier molecular flexibility index (Phi) is 3.69. The van der Waals surface area contributed by atoms with Crippen LogP contribution in [-0.4, -0.2) is 11.1 Å². The number of hydrogen-bond acceptors (Lipinski definition) is 2. The number of nitrogens with zero attached hydrogens (tertiary/aromatic N) is 1. The van der Waals surface area contributed by atoms with Crippen molar-refractivity contribution in [1.29, 1.82) is 5.26 Å². The molecule has 0 heterocycles. The molecular weight excluding hydrogens is 284 g/mol. The molecule has 7 heteroatoms. The van der Waals surface area contributed by atoms with Gasteiger partial charge in [0, 0.05) is 0 Å². The van der Waals surface area contributed by atoms with E-state index in [0.29, 0.717) is 0 Å². The van der Waals surface area contributed by atoms with E-state index in [1.807, 2.05) is 0 Å². The molecule has 78 valence electrons. The maximum absolute atomic E-state index is 10.8. The van der Waals surface area contributed by atoms with Crippen molar-refractivity contribution in [2.45, 2.75) is 0 Å². The van der Waals surface area contributed by atoms with E-state index in [0.717, 1.165) is 0 Å². The molecule has 0 aliphatic heterocycles. The van der Waals surface area contributed by atoms with Crippen molar-refractivity contribution in [3.05, 3.63) is 31.2 Å². The lowest BCUT2D eigenvalue weighted by molar-refractivity contribution is 0.0697. The van der Waals surface area contributed by atoms with Crippen LogP contribution in [0.2, 0.25) is 20.1 Å². The normalized spacial score (nSPS) is 9.80. The minimum atomic E-state index is -1.39. The first-order chi connectivity index (χ1) is 6.91. The second-order valence-electron chi connectivity index (χ2n) is 2.42. The predicted octanol–water partition coefficient (Wildman–Crippen LogP) is 3.87. The molecule has 15 heavy (non-hydrogen) atoms. The standard InChI is InChI=1S/C8HCl4NO2/c9-4-2(1-13)3(8(14)15)5(10)7(12)6(4)11/h(H,14,15). The van der Waals surface area contributed by atoms with E-state index in [-0.39, 0.29) is 25.7 Å². The molecule has 0 aliphatic rings. The predicted molar refractivity (Wildman–Crippen MR) is 58.2 cm³/mol. The number of rotatable bonds is 1. The van der Waals surface area contributed by atoms with E-state index in [1.54, 1.807) is 6.07 Å². The Balaban J connectivity index is 3.80. The molecule has 1 N–H and O–H groups in total. The minimum absolute atomic E-state index is 0.134. The summed E-state index contributed by atoms with van der Waals surface area (Å²) in [7, 11) is 0. The van der Waals surface area contributed by atoms with Crippen LogP contribution in [0.4, 0.5) is 0 Å². The third-order valence-corrected chi connectivity index (χ3v) is 3.39. The fraction of sp³-hybridized carbons (Fsp3) is 0. The van der Waals surface area contributed by atoms with Crippen molar-refractivity contribution in [2.75, 3.05) is 0 Å². The quantitative estimate of drug-likeness (QED) is 0.629. The fourth-order valence-corrected chi connectivity index (χ4v) is 1.91. The Hall–Kier alpha value is -0.660. The zero-order valence-corrected chi connectivity index (χ0v) is 9.84. The van der Waals surface area contributed by atoms with E-state index in [9.17, 15) is 4.79 Å². The van der Waals surface area contributed by atoms with Gasteiger partial charge in [0.05, 0.1) is 31.2 Å². The molecule has 0 unspecified atom stereocenters. The average Bonchev–Trinajstić information content (AvgIpc) is 2.19. The maximum atomic E-state index is 10.8. The third kappa shape index (κ3) is 1.99. The van der Waals surface area contributed by atoms with Gasteiger partial charge in [0.2, 0.25) is 0 Å².